The minimum Gasteiger partial charge on any atom is -0.453 e. The summed E-state index contributed by atoms with van der Waals surface area (Å²) in [7, 11) is 0. The first-order valence-electron chi connectivity index (χ1n) is 7.80. The van der Waals surface area contributed by atoms with Crippen LogP contribution in [-0.2, 0) is 0 Å². The van der Waals surface area contributed by atoms with Crippen LogP contribution in [0, 0.1) is 5.92 Å². The van der Waals surface area contributed by atoms with Crippen molar-refractivity contribution in [2.75, 3.05) is 0 Å². The maximum absolute atomic E-state index is 12.4. The molecule has 1 aliphatic rings. The molecule has 0 spiro atoms. The van der Waals surface area contributed by atoms with Gasteiger partial charge in [0.05, 0.1) is 5.39 Å². The van der Waals surface area contributed by atoms with E-state index in [4.69, 9.17) is 4.42 Å². The van der Waals surface area contributed by atoms with Crippen LogP contribution >= 0.6 is 0 Å². The van der Waals surface area contributed by atoms with E-state index in [1.807, 2.05) is 6.07 Å². The molecule has 1 heterocycles. The predicted molar refractivity (Wildman–Crippen MR) is 82.6 cm³/mol. The smallest absolute Gasteiger partial charge is 0.198 e. The molecule has 2 aromatic rings. The molecule has 0 atom stereocenters. The summed E-state index contributed by atoms with van der Waals surface area (Å²) in [5.41, 5.74) is 0.357. The number of fused-ring (bicyclic) bond motifs is 1. The fourth-order valence-electron chi connectivity index (χ4n) is 3.17. The quantitative estimate of drug-likeness (QED) is 0.622. The van der Waals surface area contributed by atoms with E-state index in [1.165, 1.54) is 31.7 Å². The number of hydrogen-bond acceptors (Lipinski definition) is 3. The van der Waals surface area contributed by atoms with Crippen molar-refractivity contribution in [1.82, 2.24) is 0 Å². The van der Waals surface area contributed by atoms with E-state index in [2.05, 4.69) is 0 Å². The molecule has 0 N–H and O–H groups in total. The summed E-state index contributed by atoms with van der Waals surface area (Å²) >= 11 is 0. The van der Waals surface area contributed by atoms with Gasteiger partial charge in [-0.2, -0.15) is 0 Å². The molecule has 1 aromatic carbocycles. The second-order valence-electron chi connectivity index (χ2n) is 5.96. The number of carbonyl (C=O) groups excluding carboxylic acids is 1. The van der Waals surface area contributed by atoms with E-state index >= 15 is 0 Å². The van der Waals surface area contributed by atoms with Gasteiger partial charge in [-0.15, -0.1) is 0 Å². The number of para-hydroxylation sites is 1. The summed E-state index contributed by atoms with van der Waals surface area (Å²) in [4.78, 5) is 24.4. The third-order valence-electron chi connectivity index (χ3n) is 4.36. The Morgan fingerprint density at radius 1 is 1.10 bits per heavy atom. The molecule has 0 radical (unpaired) electrons. The van der Waals surface area contributed by atoms with E-state index in [1.54, 1.807) is 18.2 Å². The minimum absolute atomic E-state index is 0.0373. The Morgan fingerprint density at radius 3 is 2.57 bits per heavy atom. The van der Waals surface area contributed by atoms with Crippen molar-refractivity contribution in [3.8, 4) is 0 Å². The summed E-state index contributed by atoms with van der Waals surface area (Å²) < 4.78 is 5.63. The van der Waals surface area contributed by atoms with E-state index in [9.17, 15) is 9.59 Å². The van der Waals surface area contributed by atoms with Crippen LogP contribution in [0.1, 0.15) is 55.5 Å². The molecule has 3 heteroatoms. The Morgan fingerprint density at radius 2 is 1.81 bits per heavy atom. The highest BCUT2D eigenvalue weighted by Gasteiger charge is 2.19. The average Bonchev–Trinajstić information content (AvgIpc) is 2.76. The Kier molecular flexibility index (Phi) is 4.18. The molecule has 1 aromatic heterocycles. The number of rotatable bonds is 3. The third kappa shape index (κ3) is 3.23. The number of benzene rings is 1. The second-order valence-corrected chi connectivity index (χ2v) is 5.96. The Balaban J connectivity index is 1.82. The minimum atomic E-state index is -0.138. The van der Waals surface area contributed by atoms with Gasteiger partial charge in [-0.05, 0) is 18.1 Å². The topological polar surface area (TPSA) is 47.3 Å². The summed E-state index contributed by atoms with van der Waals surface area (Å²) in [6.07, 6.45) is 7.69. The molecular weight excluding hydrogens is 264 g/mol. The van der Waals surface area contributed by atoms with Gasteiger partial charge in [0, 0.05) is 12.5 Å². The highest BCUT2D eigenvalue weighted by molar-refractivity contribution is 5.95. The van der Waals surface area contributed by atoms with Gasteiger partial charge in [-0.1, -0.05) is 50.7 Å². The van der Waals surface area contributed by atoms with Crippen LogP contribution in [0.25, 0.3) is 11.0 Å². The van der Waals surface area contributed by atoms with Crippen LogP contribution in [0.2, 0.25) is 0 Å². The molecule has 1 aliphatic carbocycles. The SMILES string of the molecule is O=C(CC1CCCCCC1)c1cc(=O)c2ccccc2o1. The van der Waals surface area contributed by atoms with Crippen molar-refractivity contribution < 1.29 is 9.21 Å². The lowest BCUT2D eigenvalue weighted by atomic mass is 9.93. The van der Waals surface area contributed by atoms with Crippen molar-refractivity contribution in [2.45, 2.75) is 44.9 Å². The molecule has 21 heavy (non-hydrogen) atoms. The van der Waals surface area contributed by atoms with E-state index < -0.39 is 0 Å². The van der Waals surface area contributed by atoms with Gasteiger partial charge in [0.2, 0.25) is 0 Å². The molecule has 110 valence electrons. The van der Waals surface area contributed by atoms with Crippen molar-refractivity contribution in [3.05, 3.63) is 46.3 Å². The maximum atomic E-state index is 12.4. The zero-order valence-corrected chi connectivity index (χ0v) is 12.1. The van der Waals surface area contributed by atoms with Crippen LogP contribution < -0.4 is 5.43 Å². The summed E-state index contributed by atoms with van der Waals surface area (Å²) in [5, 5.41) is 0.531. The van der Waals surface area contributed by atoms with Crippen LogP contribution in [0.5, 0.6) is 0 Å². The van der Waals surface area contributed by atoms with Gasteiger partial charge < -0.3 is 4.42 Å². The zero-order chi connectivity index (χ0) is 14.7. The van der Waals surface area contributed by atoms with Crippen LogP contribution in [0.4, 0.5) is 0 Å². The van der Waals surface area contributed by atoms with Crippen molar-refractivity contribution in [1.29, 1.82) is 0 Å². The first-order valence-corrected chi connectivity index (χ1v) is 7.80. The Labute approximate surface area is 124 Å². The summed E-state index contributed by atoms with van der Waals surface area (Å²) in [6, 6.07) is 8.42. The number of ketones is 1. The van der Waals surface area contributed by atoms with E-state index in [0.29, 0.717) is 23.3 Å². The predicted octanol–water partition coefficient (Wildman–Crippen LogP) is 4.34. The van der Waals surface area contributed by atoms with E-state index in [-0.39, 0.29) is 17.0 Å². The molecule has 0 saturated heterocycles. The van der Waals surface area contributed by atoms with Gasteiger partial charge in [-0.3, -0.25) is 9.59 Å². The molecule has 3 nitrogen and oxygen atoms in total. The molecule has 3 rings (SSSR count). The standard InChI is InChI=1S/C18H20O3/c19-15-12-18(21-17-10-6-5-9-14(15)17)16(20)11-13-7-3-1-2-4-8-13/h5-6,9-10,12-13H,1-4,7-8,11H2. The number of Topliss-reactive ketones (excluding diaryl/α,β-unsaturated/α-hetero) is 1. The van der Waals surface area contributed by atoms with Gasteiger partial charge in [-0.25, -0.2) is 0 Å². The Bertz CT molecular complexity index is 691. The molecule has 0 bridgehead atoms. The molecule has 0 unspecified atom stereocenters. The van der Waals surface area contributed by atoms with Gasteiger partial charge in [0.1, 0.15) is 5.58 Å². The van der Waals surface area contributed by atoms with Gasteiger partial charge in [0.15, 0.2) is 17.0 Å². The van der Waals surface area contributed by atoms with E-state index in [0.717, 1.165) is 12.8 Å². The fourth-order valence-corrected chi connectivity index (χ4v) is 3.17. The van der Waals surface area contributed by atoms with Crippen molar-refractivity contribution >= 4 is 16.8 Å². The third-order valence-corrected chi connectivity index (χ3v) is 4.36. The molecule has 1 fully saturated rings. The number of hydrogen-bond donors (Lipinski definition) is 0. The van der Waals surface area contributed by atoms with Crippen LogP contribution in [0.3, 0.4) is 0 Å². The first kappa shape index (κ1) is 14.1. The normalized spacial score (nSPS) is 16.8. The summed E-state index contributed by atoms with van der Waals surface area (Å²) in [6.45, 7) is 0. The number of carbonyl (C=O) groups is 1. The van der Waals surface area contributed by atoms with Crippen LogP contribution in [0.15, 0.2) is 39.5 Å². The van der Waals surface area contributed by atoms with Gasteiger partial charge >= 0.3 is 0 Å². The monoisotopic (exact) mass is 284 g/mol. The second kappa shape index (κ2) is 6.25. The van der Waals surface area contributed by atoms with Crippen molar-refractivity contribution in [2.24, 2.45) is 5.92 Å². The Hall–Kier alpha value is -1.90. The highest BCUT2D eigenvalue weighted by atomic mass is 16.3. The summed E-state index contributed by atoms with van der Waals surface area (Å²) in [5.74, 6) is 0.615. The molecular formula is C18H20O3. The largest absolute Gasteiger partial charge is 0.453 e. The zero-order valence-electron chi connectivity index (χ0n) is 12.1. The highest BCUT2D eigenvalue weighted by Crippen LogP contribution is 2.27. The average molecular weight is 284 g/mol. The fraction of sp³-hybridized carbons (Fsp3) is 0.444. The lowest BCUT2D eigenvalue weighted by molar-refractivity contribution is 0.0930. The maximum Gasteiger partial charge on any atom is 0.198 e. The first-order chi connectivity index (χ1) is 10.2. The molecule has 0 aliphatic heterocycles. The van der Waals surface area contributed by atoms with Gasteiger partial charge in [0.25, 0.3) is 0 Å². The molecule has 0 amide bonds. The lowest BCUT2D eigenvalue weighted by Crippen LogP contribution is -2.11. The lowest BCUT2D eigenvalue weighted by Gasteiger charge is -2.12. The van der Waals surface area contributed by atoms with Crippen molar-refractivity contribution in [3.63, 3.8) is 0 Å². The van der Waals surface area contributed by atoms with Crippen LogP contribution in [-0.4, -0.2) is 5.78 Å². The molecule has 1 saturated carbocycles.